The third kappa shape index (κ3) is 6.80. The molecule has 1 N–H and O–H groups in total. The molecular weight excluding hydrogens is 372 g/mol. The highest BCUT2D eigenvalue weighted by molar-refractivity contribution is 5.79. The summed E-state index contributed by atoms with van der Waals surface area (Å²) in [6.07, 6.45) is 0. The van der Waals surface area contributed by atoms with Crippen LogP contribution in [0.4, 0.5) is 0 Å². The number of carbonyl (C=O) groups excluding carboxylic acids is 1. The van der Waals surface area contributed by atoms with Gasteiger partial charge in [0.25, 0.3) is 6.47 Å². The molecule has 156 valence electrons. The zero-order valence-electron chi connectivity index (χ0n) is 16.9. The summed E-state index contributed by atoms with van der Waals surface area (Å²) in [7, 11) is 1.66. The number of likely N-dealkylation sites (N-methyl/N-ethyl adjacent to an activating group) is 1. The van der Waals surface area contributed by atoms with Crippen LogP contribution in [0.3, 0.4) is 0 Å². The van der Waals surface area contributed by atoms with Gasteiger partial charge in [-0.3, -0.25) is 14.5 Å². The fraction of sp³-hybridized carbons (Fsp3) is 0.364. The van der Waals surface area contributed by atoms with Crippen LogP contribution in [0, 0.1) is 0 Å². The Morgan fingerprint density at radius 2 is 1.90 bits per heavy atom. The number of hydrogen-bond donors (Lipinski definition) is 1. The summed E-state index contributed by atoms with van der Waals surface area (Å²) < 4.78 is 11.3. The third-order valence-corrected chi connectivity index (χ3v) is 4.67. The zero-order valence-corrected chi connectivity index (χ0v) is 16.9. The lowest BCUT2D eigenvalue weighted by atomic mass is 10.1. The maximum atomic E-state index is 12.1. The first-order valence-corrected chi connectivity index (χ1v) is 9.52. The van der Waals surface area contributed by atoms with Crippen molar-refractivity contribution < 1.29 is 24.2 Å². The molecular formula is C22H28N2O5. The van der Waals surface area contributed by atoms with Gasteiger partial charge in [0.05, 0.1) is 13.7 Å². The molecule has 3 rings (SSSR count). The van der Waals surface area contributed by atoms with Crippen LogP contribution in [0.5, 0.6) is 11.5 Å². The summed E-state index contributed by atoms with van der Waals surface area (Å²) in [5.74, 6) is 1.89. The van der Waals surface area contributed by atoms with Gasteiger partial charge in [0, 0.05) is 31.7 Å². The molecule has 1 amide bonds. The topological polar surface area (TPSA) is 79.3 Å². The van der Waals surface area contributed by atoms with E-state index >= 15 is 0 Å². The molecule has 1 aliphatic heterocycles. The molecule has 2 aromatic rings. The Kier molecular flexibility index (Phi) is 8.98. The number of methoxy groups -OCH3 is 1. The lowest BCUT2D eigenvalue weighted by Gasteiger charge is -2.33. The standard InChI is InChI=1S/C21H26N2O3.CH2O2/c1-3-23-12-11-22(15-21(23)24)14-18-8-4-5-10-20(18)26-16-17-7-6-9-19(13-17)25-2;2-1-3/h4-10,13H,3,11-12,14-16H2,1-2H3;1H,(H,2,3). The molecule has 29 heavy (non-hydrogen) atoms. The SMILES string of the molecule is CCN1CCN(Cc2ccccc2OCc2cccc(OC)c2)CC1=O.O=CO. The molecule has 7 heteroatoms. The van der Waals surface area contributed by atoms with Gasteiger partial charge < -0.3 is 19.5 Å². The van der Waals surface area contributed by atoms with Crippen molar-refractivity contribution in [3.05, 3.63) is 59.7 Å². The first kappa shape index (κ1) is 22.2. The molecule has 1 heterocycles. The maximum absolute atomic E-state index is 12.1. The summed E-state index contributed by atoms with van der Waals surface area (Å²) in [5.41, 5.74) is 2.17. The molecule has 0 bridgehead atoms. The van der Waals surface area contributed by atoms with Crippen LogP contribution in [0.2, 0.25) is 0 Å². The van der Waals surface area contributed by atoms with Crippen molar-refractivity contribution in [2.45, 2.75) is 20.1 Å². The highest BCUT2D eigenvalue weighted by Crippen LogP contribution is 2.22. The quantitative estimate of drug-likeness (QED) is 0.720. The number of ether oxygens (including phenoxy) is 2. The third-order valence-electron chi connectivity index (χ3n) is 4.67. The summed E-state index contributed by atoms with van der Waals surface area (Å²) in [6, 6.07) is 15.9. The van der Waals surface area contributed by atoms with Crippen molar-refractivity contribution in [1.82, 2.24) is 9.80 Å². The van der Waals surface area contributed by atoms with Gasteiger partial charge in [-0.1, -0.05) is 30.3 Å². The van der Waals surface area contributed by atoms with Gasteiger partial charge in [0.15, 0.2) is 0 Å². The summed E-state index contributed by atoms with van der Waals surface area (Å²) in [6.45, 7) is 5.92. The molecule has 0 saturated carbocycles. The Morgan fingerprint density at radius 1 is 1.14 bits per heavy atom. The minimum atomic E-state index is -0.250. The van der Waals surface area contributed by atoms with Gasteiger partial charge in [0.1, 0.15) is 18.1 Å². The first-order chi connectivity index (χ1) is 14.1. The number of rotatable bonds is 7. The van der Waals surface area contributed by atoms with E-state index in [1.165, 1.54) is 0 Å². The highest BCUT2D eigenvalue weighted by Gasteiger charge is 2.23. The molecule has 0 radical (unpaired) electrons. The Morgan fingerprint density at radius 3 is 2.59 bits per heavy atom. The molecule has 0 aliphatic carbocycles. The molecule has 1 saturated heterocycles. The number of para-hydroxylation sites is 1. The predicted octanol–water partition coefficient (Wildman–Crippen LogP) is 2.64. The number of hydrogen-bond acceptors (Lipinski definition) is 5. The van der Waals surface area contributed by atoms with Crippen LogP contribution in [0.1, 0.15) is 18.1 Å². The van der Waals surface area contributed by atoms with E-state index in [9.17, 15) is 4.79 Å². The first-order valence-electron chi connectivity index (χ1n) is 9.52. The smallest absolute Gasteiger partial charge is 0.290 e. The Bertz CT molecular complexity index is 796. The van der Waals surface area contributed by atoms with E-state index < -0.39 is 0 Å². The molecule has 7 nitrogen and oxygen atoms in total. The molecule has 1 aliphatic rings. The van der Waals surface area contributed by atoms with Gasteiger partial charge in [-0.05, 0) is 30.7 Å². The van der Waals surface area contributed by atoms with Crippen molar-refractivity contribution in [3.8, 4) is 11.5 Å². The average molecular weight is 400 g/mol. The molecule has 0 unspecified atom stereocenters. The average Bonchev–Trinajstić information content (AvgIpc) is 2.74. The molecule has 0 atom stereocenters. The largest absolute Gasteiger partial charge is 0.497 e. The fourth-order valence-electron chi connectivity index (χ4n) is 3.17. The Balaban J connectivity index is 0.000000941. The second kappa shape index (κ2) is 11.7. The maximum Gasteiger partial charge on any atom is 0.290 e. The number of nitrogens with zero attached hydrogens (tertiary/aromatic N) is 2. The van der Waals surface area contributed by atoms with Crippen molar-refractivity contribution >= 4 is 12.4 Å². The number of amides is 1. The Labute approximate surface area is 171 Å². The summed E-state index contributed by atoms with van der Waals surface area (Å²) in [4.78, 5) is 24.6. The second-order valence-corrected chi connectivity index (χ2v) is 6.54. The molecule has 2 aromatic carbocycles. The molecule has 0 spiro atoms. The van der Waals surface area contributed by atoms with E-state index in [2.05, 4.69) is 11.0 Å². The monoisotopic (exact) mass is 400 g/mol. The molecule has 0 aromatic heterocycles. The van der Waals surface area contributed by atoms with Gasteiger partial charge in [-0.15, -0.1) is 0 Å². The number of carbonyl (C=O) groups is 2. The van der Waals surface area contributed by atoms with Gasteiger partial charge >= 0.3 is 0 Å². The van der Waals surface area contributed by atoms with Crippen LogP contribution in [0.15, 0.2) is 48.5 Å². The second-order valence-electron chi connectivity index (χ2n) is 6.54. The van der Waals surface area contributed by atoms with E-state index in [4.69, 9.17) is 19.4 Å². The summed E-state index contributed by atoms with van der Waals surface area (Å²) in [5, 5.41) is 6.89. The van der Waals surface area contributed by atoms with E-state index in [0.29, 0.717) is 13.2 Å². The van der Waals surface area contributed by atoms with Gasteiger partial charge in [-0.2, -0.15) is 0 Å². The predicted molar refractivity (Wildman–Crippen MR) is 110 cm³/mol. The normalized spacial score (nSPS) is 14.0. The summed E-state index contributed by atoms with van der Waals surface area (Å²) >= 11 is 0. The van der Waals surface area contributed by atoms with E-state index in [-0.39, 0.29) is 12.4 Å². The van der Waals surface area contributed by atoms with Crippen molar-refractivity contribution in [2.24, 2.45) is 0 Å². The Hall–Kier alpha value is -3.06. The molecule has 1 fully saturated rings. The zero-order chi connectivity index (χ0) is 21.1. The van der Waals surface area contributed by atoms with Crippen molar-refractivity contribution in [3.63, 3.8) is 0 Å². The number of piperazine rings is 1. The minimum absolute atomic E-state index is 0.202. The van der Waals surface area contributed by atoms with Gasteiger partial charge in [0.2, 0.25) is 5.91 Å². The van der Waals surface area contributed by atoms with E-state index in [1.54, 1.807) is 7.11 Å². The van der Waals surface area contributed by atoms with E-state index in [1.807, 2.05) is 54.3 Å². The van der Waals surface area contributed by atoms with Crippen LogP contribution < -0.4 is 9.47 Å². The van der Waals surface area contributed by atoms with Crippen LogP contribution in [-0.4, -0.2) is 60.6 Å². The lowest BCUT2D eigenvalue weighted by molar-refractivity contribution is -0.136. The van der Waals surface area contributed by atoms with Crippen molar-refractivity contribution in [2.75, 3.05) is 33.3 Å². The van der Waals surface area contributed by atoms with Crippen LogP contribution >= 0.6 is 0 Å². The lowest BCUT2D eigenvalue weighted by Crippen LogP contribution is -2.49. The highest BCUT2D eigenvalue weighted by atomic mass is 16.5. The minimum Gasteiger partial charge on any atom is -0.497 e. The van der Waals surface area contributed by atoms with Gasteiger partial charge in [-0.25, -0.2) is 0 Å². The fourth-order valence-corrected chi connectivity index (χ4v) is 3.17. The number of carboxylic acid groups (broad SMARTS) is 1. The van der Waals surface area contributed by atoms with Crippen LogP contribution in [0.25, 0.3) is 0 Å². The number of benzene rings is 2. The van der Waals surface area contributed by atoms with Crippen LogP contribution in [-0.2, 0) is 22.7 Å². The van der Waals surface area contributed by atoms with E-state index in [0.717, 1.165) is 48.8 Å². The van der Waals surface area contributed by atoms with Crippen molar-refractivity contribution in [1.29, 1.82) is 0 Å².